The van der Waals surface area contributed by atoms with E-state index in [0.717, 1.165) is 38.2 Å². The maximum absolute atomic E-state index is 13.0. The fraction of sp³-hybridized carbons (Fsp3) is 0.789. The maximum atomic E-state index is 13.0. The van der Waals surface area contributed by atoms with Crippen molar-refractivity contribution in [2.45, 2.75) is 58.9 Å². The Morgan fingerprint density at radius 2 is 2.00 bits per heavy atom. The van der Waals surface area contributed by atoms with Gasteiger partial charge in [-0.3, -0.25) is 9.48 Å². The SMILES string of the molecule is Cc1nn(C)c(C)c1C1CCCN1C(=O)CC(C)C1CCCNC1.Cl.Cl. The lowest BCUT2D eigenvalue weighted by atomic mass is 9.85. The molecule has 2 saturated heterocycles. The van der Waals surface area contributed by atoms with Crippen LogP contribution in [0.2, 0.25) is 0 Å². The molecule has 0 saturated carbocycles. The summed E-state index contributed by atoms with van der Waals surface area (Å²) in [5.41, 5.74) is 3.54. The minimum atomic E-state index is 0. The number of halogens is 2. The first kappa shape index (κ1) is 23.3. The summed E-state index contributed by atoms with van der Waals surface area (Å²) in [6.07, 6.45) is 5.35. The molecule has 0 spiro atoms. The molecule has 1 aromatic rings. The van der Waals surface area contributed by atoms with Crippen LogP contribution in [0.1, 0.15) is 62.0 Å². The number of aromatic nitrogens is 2. The molecule has 2 aliphatic heterocycles. The standard InChI is InChI=1S/C19H32N4O.2ClH/c1-13(16-7-5-9-20-12-16)11-18(24)23-10-6-8-17(23)19-14(2)21-22(4)15(19)3;;/h13,16-17,20H,5-12H2,1-4H3;2*1H. The lowest BCUT2D eigenvalue weighted by Crippen LogP contribution is -2.37. The Balaban J connectivity index is 0.00000169. The van der Waals surface area contributed by atoms with Gasteiger partial charge in [-0.15, -0.1) is 24.8 Å². The van der Waals surface area contributed by atoms with Crippen LogP contribution in [0.3, 0.4) is 0 Å². The molecule has 0 bridgehead atoms. The van der Waals surface area contributed by atoms with Crippen LogP contribution in [0.25, 0.3) is 0 Å². The molecular formula is C19H34Cl2N4O. The van der Waals surface area contributed by atoms with Crippen molar-refractivity contribution in [1.82, 2.24) is 20.0 Å². The Morgan fingerprint density at radius 1 is 1.27 bits per heavy atom. The molecule has 1 N–H and O–H groups in total. The van der Waals surface area contributed by atoms with Crippen molar-refractivity contribution in [3.8, 4) is 0 Å². The zero-order valence-electron chi connectivity index (χ0n) is 16.5. The predicted molar refractivity (Wildman–Crippen MR) is 110 cm³/mol. The van der Waals surface area contributed by atoms with Crippen LogP contribution >= 0.6 is 24.8 Å². The zero-order chi connectivity index (χ0) is 17.3. The van der Waals surface area contributed by atoms with Crippen molar-refractivity contribution in [2.75, 3.05) is 19.6 Å². The van der Waals surface area contributed by atoms with Gasteiger partial charge < -0.3 is 10.2 Å². The van der Waals surface area contributed by atoms with Crippen LogP contribution in [-0.4, -0.2) is 40.2 Å². The number of nitrogens with one attached hydrogen (secondary N) is 1. The largest absolute Gasteiger partial charge is 0.336 e. The van der Waals surface area contributed by atoms with Crippen molar-refractivity contribution < 1.29 is 4.79 Å². The molecule has 0 aromatic carbocycles. The first-order chi connectivity index (χ1) is 11.5. The second kappa shape index (κ2) is 9.95. The Morgan fingerprint density at radius 3 is 2.58 bits per heavy atom. The number of likely N-dealkylation sites (tertiary alicyclic amines) is 1. The van der Waals surface area contributed by atoms with Crippen molar-refractivity contribution in [1.29, 1.82) is 0 Å². The van der Waals surface area contributed by atoms with Crippen LogP contribution in [0, 0.1) is 25.7 Å². The van der Waals surface area contributed by atoms with Gasteiger partial charge in [-0.2, -0.15) is 5.10 Å². The Bertz CT molecular complexity index is 599. The number of rotatable bonds is 4. The van der Waals surface area contributed by atoms with Gasteiger partial charge in [0.05, 0.1) is 11.7 Å². The number of carbonyl (C=O) groups is 1. The van der Waals surface area contributed by atoms with E-state index in [2.05, 4.69) is 36.1 Å². The quantitative estimate of drug-likeness (QED) is 0.833. The van der Waals surface area contributed by atoms with E-state index in [0.29, 0.717) is 24.2 Å². The molecule has 26 heavy (non-hydrogen) atoms. The molecule has 0 aliphatic carbocycles. The molecule has 0 radical (unpaired) electrons. The summed E-state index contributed by atoms with van der Waals surface area (Å²) in [5, 5.41) is 8.03. The van der Waals surface area contributed by atoms with E-state index in [9.17, 15) is 4.79 Å². The van der Waals surface area contributed by atoms with E-state index in [1.54, 1.807) is 0 Å². The average Bonchev–Trinajstić information content (AvgIpc) is 3.13. The topological polar surface area (TPSA) is 50.2 Å². The summed E-state index contributed by atoms with van der Waals surface area (Å²) in [5.74, 6) is 1.44. The number of carbonyl (C=O) groups excluding carboxylic acids is 1. The summed E-state index contributed by atoms with van der Waals surface area (Å²) in [6, 6.07) is 0.225. The van der Waals surface area contributed by atoms with Crippen LogP contribution in [0.15, 0.2) is 0 Å². The van der Waals surface area contributed by atoms with Crippen molar-refractivity contribution in [3.05, 3.63) is 17.0 Å². The summed E-state index contributed by atoms with van der Waals surface area (Å²) in [7, 11) is 1.99. The zero-order valence-corrected chi connectivity index (χ0v) is 18.1. The summed E-state index contributed by atoms with van der Waals surface area (Å²) in [4.78, 5) is 15.1. The monoisotopic (exact) mass is 404 g/mol. The van der Waals surface area contributed by atoms with E-state index >= 15 is 0 Å². The second-order valence-electron chi connectivity index (χ2n) is 7.74. The van der Waals surface area contributed by atoms with E-state index in [-0.39, 0.29) is 30.9 Å². The van der Waals surface area contributed by atoms with Gasteiger partial charge in [0.15, 0.2) is 0 Å². The van der Waals surface area contributed by atoms with E-state index in [1.165, 1.54) is 24.1 Å². The highest BCUT2D eigenvalue weighted by molar-refractivity contribution is 5.85. The molecule has 150 valence electrons. The summed E-state index contributed by atoms with van der Waals surface area (Å²) >= 11 is 0. The van der Waals surface area contributed by atoms with Gasteiger partial charge in [-0.25, -0.2) is 0 Å². The van der Waals surface area contributed by atoms with Crippen molar-refractivity contribution >= 4 is 30.7 Å². The Labute approximate surface area is 170 Å². The third kappa shape index (κ3) is 4.73. The number of nitrogens with zero attached hydrogens (tertiary/aromatic N) is 3. The number of aryl methyl sites for hydroxylation is 2. The molecule has 5 nitrogen and oxygen atoms in total. The predicted octanol–water partition coefficient (Wildman–Crippen LogP) is 3.57. The molecule has 3 unspecified atom stereocenters. The molecule has 3 rings (SSSR count). The molecule has 7 heteroatoms. The van der Waals surface area contributed by atoms with Gasteiger partial charge in [0, 0.05) is 31.3 Å². The fourth-order valence-electron chi connectivity index (χ4n) is 4.56. The van der Waals surface area contributed by atoms with Gasteiger partial charge in [-0.1, -0.05) is 6.92 Å². The highest BCUT2D eigenvalue weighted by Crippen LogP contribution is 2.36. The molecule has 3 atom stereocenters. The number of piperidine rings is 1. The van der Waals surface area contributed by atoms with E-state index < -0.39 is 0 Å². The average molecular weight is 405 g/mol. The molecule has 2 fully saturated rings. The van der Waals surface area contributed by atoms with Gasteiger partial charge in [0.1, 0.15) is 0 Å². The van der Waals surface area contributed by atoms with Gasteiger partial charge >= 0.3 is 0 Å². The lowest BCUT2D eigenvalue weighted by Gasteiger charge is -2.31. The molecule has 2 aliphatic rings. The number of hydrogen-bond acceptors (Lipinski definition) is 3. The lowest BCUT2D eigenvalue weighted by molar-refractivity contribution is -0.133. The molecule has 1 amide bonds. The minimum absolute atomic E-state index is 0. The molecule has 3 heterocycles. The van der Waals surface area contributed by atoms with Crippen LogP contribution in [-0.2, 0) is 11.8 Å². The van der Waals surface area contributed by atoms with E-state index in [1.807, 2.05) is 11.7 Å². The van der Waals surface area contributed by atoms with Gasteiger partial charge in [0.25, 0.3) is 0 Å². The van der Waals surface area contributed by atoms with Crippen LogP contribution < -0.4 is 5.32 Å². The second-order valence-corrected chi connectivity index (χ2v) is 7.74. The number of amides is 1. The van der Waals surface area contributed by atoms with Crippen molar-refractivity contribution in [3.63, 3.8) is 0 Å². The molecule has 1 aromatic heterocycles. The normalized spacial score (nSPS) is 23.9. The van der Waals surface area contributed by atoms with Crippen LogP contribution in [0.5, 0.6) is 0 Å². The van der Waals surface area contributed by atoms with Gasteiger partial charge in [0.2, 0.25) is 5.91 Å². The minimum Gasteiger partial charge on any atom is -0.336 e. The Kier molecular flexibility index (Phi) is 8.90. The maximum Gasteiger partial charge on any atom is 0.223 e. The fourth-order valence-corrected chi connectivity index (χ4v) is 4.56. The first-order valence-corrected chi connectivity index (χ1v) is 9.49. The van der Waals surface area contributed by atoms with Gasteiger partial charge in [-0.05, 0) is 64.5 Å². The summed E-state index contributed by atoms with van der Waals surface area (Å²) < 4.78 is 1.95. The molecular weight excluding hydrogens is 371 g/mol. The summed E-state index contributed by atoms with van der Waals surface area (Å²) in [6.45, 7) is 9.53. The van der Waals surface area contributed by atoms with E-state index in [4.69, 9.17) is 0 Å². The third-order valence-corrected chi connectivity index (χ3v) is 6.11. The highest BCUT2D eigenvalue weighted by Gasteiger charge is 2.34. The smallest absolute Gasteiger partial charge is 0.223 e. The first-order valence-electron chi connectivity index (χ1n) is 9.49. The van der Waals surface area contributed by atoms with Crippen LogP contribution in [0.4, 0.5) is 0 Å². The highest BCUT2D eigenvalue weighted by atomic mass is 35.5. The number of hydrogen-bond donors (Lipinski definition) is 1. The third-order valence-electron chi connectivity index (χ3n) is 6.11. The Hall–Kier alpha value is -0.780. The van der Waals surface area contributed by atoms with Crippen molar-refractivity contribution in [2.24, 2.45) is 18.9 Å².